The van der Waals surface area contributed by atoms with Crippen LogP contribution in [-0.4, -0.2) is 75.7 Å². The van der Waals surface area contributed by atoms with Gasteiger partial charge < -0.3 is 24.7 Å². The Morgan fingerprint density at radius 2 is 1.76 bits per heavy atom. The molecule has 0 amide bonds. The molecule has 2 aromatic heterocycles. The van der Waals surface area contributed by atoms with Crippen molar-refractivity contribution in [1.82, 2.24) is 9.88 Å². The predicted molar refractivity (Wildman–Crippen MR) is 116 cm³/mol. The molecule has 4 rings (SSSR count). The third-order valence-corrected chi connectivity index (χ3v) is 5.38. The number of carboxylic acid groups (broad SMARTS) is 2. The highest BCUT2D eigenvalue weighted by molar-refractivity contribution is 5.73. The molecule has 2 fully saturated rings. The van der Waals surface area contributed by atoms with Gasteiger partial charge in [-0.3, -0.25) is 4.90 Å². The molecule has 0 radical (unpaired) electrons. The topological polar surface area (TPSA) is 125 Å². The Bertz CT molecular complexity index is 963. The number of halogens is 6. The van der Waals surface area contributed by atoms with Gasteiger partial charge in [-0.25, -0.2) is 14.6 Å². The third-order valence-electron chi connectivity index (χ3n) is 5.38. The van der Waals surface area contributed by atoms with Crippen molar-refractivity contribution in [3.8, 4) is 0 Å². The summed E-state index contributed by atoms with van der Waals surface area (Å²) in [6.45, 7) is 3.85. The van der Waals surface area contributed by atoms with Crippen molar-refractivity contribution in [2.75, 3.05) is 25.0 Å². The van der Waals surface area contributed by atoms with Gasteiger partial charge in [-0.15, -0.1) is 0 Å². The average molecular weight is 541 g/mol. The molecule has 206 valence electrons. The number of carbonyl (C=O) groups is 2. The molecule has 15 heteroatoms. The van der Waals surface area contributed by atoms with E-state index in [4.69, 9.17) is 29.0 Å². The van der Waals surface area contributed by atoms with Crippen LogP contribution >= 0.6 is 0 Å². The number of hydrogen-bond donors (Lipinski definition) is 3. The Balaban J connectivity index is 0.000000286. The van der Waals surface area contributed by atoms with Gasteiger partial charge in [0.1, 0.15) is 5.82 Å². The Morgan fingerprint density at radius 1 is 1.11 bits per heavy atom. The predicted octanol–water partition coefficient (Wildman–Crippen LogP) is 4.18. The van der Waals surface area contributed by atoms with Gasteiger partial charge in [0.15, 0.2) is 0 Å². The summed E-state index contributed by atoms with van der Waals surface area (Å²) in [5.41, 5.74) is 1.23. The highest BCUT2D eigenvalue weighted by Crippen LogP contribution is 2.35. The maximum Gasteiger partial charge on any atom is 0.490 e. The summed E-state index contributed by atoms with van der Waals surface area (Å²) < 4.78 is 74.9. The van der Waals surface area contributed by atoms with Gasteiger partial charge >= 0.3 is 24.3 Å². The lowest BCUT2D eigenvalue weighted by atomic mass is 9.89. The third kappa shape index (κ3) is 10.3. The zero-order valence-electron chi connectivity index (χ0n) is 19.3. The highest BCUT2D eigenvalue weighted by Gasteiger charge is 2.43. The van der Waals surface area contributed by atoms with Crippen molar-refractivity contribution in [3.63, 3.8) is 0 Å². The SMILES string of the molecule is O=C(O)C(F)(F)F.O=C(O)C(F)(F)F.c1ccc(N[C@@H]2CCO[C@]3(CCN(Cc4ccoc4)C3)C2)nc1. The number of hydrogen-bond acceptors (Lipinski definition) is 7. The average Bonchev–Trinajstić information content (AvgIpc) is 3.45. The summed E-state index contributed by atoms with van der Waals surface area (Å²) >= 11 is 0. The lowest BCUT2D eigenvalue weighted by molar-refractivity contribution is -0.193. The monoisotopic (exact) mass is 541 g/mol. The Morgan fingerprint density at radius 3 is 2.27 bits per heavy atom. The van der Waals surface area contributed by atoms with Gasteiger partial charge in [-0.2, -0.15) is 26.3 Å². The van der Waals surface area contributed by atoms with Crippen molar-refractivity contribution in [2.45, 2.75) is 49.8 Å². The molecule has 2 aromatic rings. The molecule has 37 heavy (non-hydrogen) atoms. The molecule has 2 aliphatic heterocycles. The number of aliphatic carboxylic acids is 2. The van der Waals surface area contributed by atoms with Crippen LogP contribution in [0.5, 0.6) is 0 Å². The lowest BCUT2D eigenvalue weighted by Gasteiger charge is -2.38. The fraction of sp³-hybridized carbons (Fsp3) is 0.500. The summed E-state index contributed by atoms with van der Waals surface area (Å²) in [6.07, 6.45) is -1.57. The Labute approximate surface area is 207 Å². The number of nitrogens with one attached hydrogen (secondary N) is 1. The molecule has 0 bridgehead atoms. The van der Waals surface area contributed by atoms with Gasteiger partial charge in [0.25, 0.3) is 0 Å². The second-order valence-electron chi connectivity index (χ2n) is 8.28. The number of nitrogens with zero attached hydrogens (tertiary/aromatic N) is 2. The lowest BCUT2D eigenvalue weighted by Crippen LogP contribution is -2.46. The van der Waals surface area contributed by atoms with Crippen molar-refractivity contribution >= 4 is 17.8 Å². The summed E-state index contributed by atoms with van der Waals surface area (Å²) in [6, 6.07) is 8.47. The molecule has 1 spiro atoms. The molecular formula is C22H25F6N3O6. The number of pyridine rings is 1. The summed E-state index contributed by atoms with van der Waals surface area (Å²) in [5, 5.41) is 17.8. The second kappa shape index (κ2) is 12.8. The molecule has 0 unspecified atom stereocenters. The normalized spacial score (nSPS) is 21.8. The minimum Gasteiger partial charge on any atom is -0.475 e. The first kappa shape index (κ1) is 29.9. The van der Waals surface area contributed by atoms with Gasteiger partial charge in [-0.1, -0.05) is 6.07 Å². The van der Waals surface area contributed by atoms with E-state index in [2.05, 4.69) is 15.2 Å². The van der Waals surface area contributed by atoms with E-state index in [9.17, 15) is 26.3 Å². The number of rotatable bonds is 4. The van der Waals surface area contributed by atoms with Crippen LogP contribution in [0.2, 0.25) is 0 Å². The van der Waals surface area contributed by atoms with Crippen molar-refractivity contribution in [2.24, 2.45) is 0 Å². The zero-order valence-corrected chi connectivity index (χ0v) is 19.3. The molecule has 9 nitrogen and oxygen atoms in total. The minimum absolute atomic E-state index is 0.00552. The van der Waals surface area contributed by atoms with Gasteiger partial charge in [-0.05, 0) is 37.5 Å². The molecule has 4 heterocycles. The smallest absolute Gasteiger partial charge is 0.475 e. The first-order chi connectivity index (χ1) is 17.2. The van der Waals surface area contributed by atoms with Gasteiger partial charge in [0, 0.05) is 44.0 Å². The fourth-order valence-electron chi connectivity index (χ4n) is 3.80. The van der Waals surface area contributed by atoms with Crippen molar-refractivity contribution < 1.29 is 55.3 Å². The second-order valence-corrected chi connectivity index (χ2v) is 8.28. The van der Waals surface area contributed by atoms with E-state index >= 15 is 0 Å². The number of carboxylic acids is 2. The number of anilines is 1. The summed E-state index contributed by atoms with van der Waals surface area (Å²) in [7, 11) is 0. The summed E-state index contributed by atoms with van der Waals surface area (Å²) in [5.74, 6) is -4.55. The van der Waals surface area contributed by atoms with Crippen LogP contribution in [0, 0.1) is 0 Å². The largest absolute Gasteiger partial charge is 0.490 e. The number of alkyl halides is 6. The number of likely N-dealkylation sites (tertiary alicyclic amines) is 1. The van der Waals surface area contributed by atoms with Crippen LogP contribution in [0.25, 0.3) is 0 Å². The number of aromatic nitrogens is 1. The van der Waals surface area contributed by atoms with Crippen LogP contribution < -0.4 is 5.32 Å². The van der Waals surface area contributed by atoms with E-state index in [1.165, 1.54) is 5.56 Å². The minimum atomic E-state index is -5.08. The van der Waals surface area contributed by atoms with Crippen LogP contribution in [0.4, 0.5) is 32.2 Å². The molecule has 0 aliphatic carbocycles. The van der Waals surface area contributed by atoms with E-state index < -0.39 is 24.3 Å². The Hall–Kier alpha value is -3.33. The van der Waals surface area contributed by atoms with Gasteiger partial charge in [0.2, 0.25) is 0 Å². The molecule has 2 aliphatic rings. The Kier molecular flexibility index (Phi) is 10.3. The molecule has 2 saturated heterocycles. The fourth-order valence-corrected chi connectivity index (χ4v) is 3.80. The molecule has 3 N–H and O–H groups in total. The van der Waals surface area contributed by atoms with Crippen LogP contribution in [0.3, 0.4) is 0 Å². The van der Waals surface area contributed by atoms with Crippen molar-refractivity contribution in [3.05, 3.63) is 48.6 Å². The van der Waals surface area contributed by atoms with Crippen LogP contribution in [0.15, 0.2) is 47.4 Å². The maximum atomic E-state index is 10.6. The summed E-state index contributed by atoms with van der Waals surface area (Å²) in [4.78, 5) is 24.6. The molecule has 0 aromatic carbocycles. The zero-order chi connectivity index (χ0) is 27.7. The molecule has 2 atom stereocenters. The van der Waals surface area contributed by atoms with E-state index in [0.29, 0.717) is 6.04 Å². The first-order valence-electron chi connectivity index (χ1n) is 10.9. The van der Waals surface area contributed by atoms with E-state index in [0.717, 1.165) is 51.3 Å². The molecular weight excluding hydrogens is 516 g/mol. The number of furan rings is 1. The molecule has 0 saturated carbocycles. The van der Waals surface area contributed by atoms with Gasteiger partial charge in [0.05, 0.1) is 18.1 Å². The highest BCUT2D eigenvalue weighted by atomic mass is 19.4. The maximum absolute atomic E-state index is 10.6. The standard InChI is InChI=1S/C18H23N3O2.2C2HF3O2/c1-2-7-19-17(3-1)20-16-5-10-23-18(11-16)6-8-21(14-18)12-15-4-9-22-13-15;2*3-2(4,5)1(6)7/h1-4,7,9,13,16H,5-6,8,10-12,14H2,(H,19,20);2*(H,6,7)/t16-,18-;;/m1../s1. The van der Waals surface area contributed by atoms with E-state index in [1.807, 2.05) is 36.7 Å². The number of ether oxygens (including phenoxy) is 1. The van der Waals surface area contributed by atoms with E-state index in [-0.39, 0.29) is 5.60 Å². The first-order valence-corrected chi connectivity index (χ1v) is 10.9. The van der Waals surface area contributed by atoms with Crippen LogP contribution in [0.1, 0.15) is 24.8 Å². The van der Waals surface area contributed by atoms with E-state index in [1.54, 1.807) is 6.26 Å². The van der Waals surface area contributed by atoms with Crippen molar-refractivity contribution in [1.29, 1.82) is 0 Å². The van der Waals surface area contributed by atoms with Crippen LogP contribution in [-0.2, 0) is 20.9 Å². The quantitative estimate of drug-likeness (QED) is 0.489.